The summed E-state index contributed by atoms with van der Waals surface area (Å²) < 4.78 is 45.0. The van der Waals surface area contributed by atoms with E-state index in [4.69, 9.17) is 14.0 Å². The molecular weight excluding hydrogens is 408 g/mol. The number of esters is 3. The molecule has 0 fully saturated rings. The molecule has 0 unspecified atom stereocenters. The molecule has 0 aliphatic carbocycles. The van der Waals surface area contributed by atoms with Gasteiger partial charge >= 0.3 is 65.8 Å². The largest absolute Gasteiger partial charge is 2.00 e. The molecule has 0 rings (SSSR count). The average Bonchev–Trinajstić information content (AvgIpc) is 2.53. The second-order valence-corrected chi connectivity index (χ2v) is 7.27. The molecule has 0 aliphatic heterocycles. The Balaban J connectivity index is -0.00000104. The molecule has 0 atom stereocenters. The van der Waals surface area contributed by atoms with E-state index in [1.165, 1.54) is 13.8 Å². The fourth-order valence-corrected chi connectivity index (χ4v) is 2.08. The standard InChI is InChI=1S/C16H24O9S.Ca.2H/c1-6-7-16(8-23-13(17)11(2)3,9-24-14(18)12(4)5)15(19)25-10-26(20,21)22;;;/h2,4,6-10H2,1,3,5H3,(H,20,21,22);;;/q;+2;2*-1. The molecule has 0 aromatic rings. The SMILES string of the molecule is C=C(C)C(=O)OCC(CCC)(COC(=O)C(=C)C)C(=O)OCS(=O)(=O)O.[Ca+2].[H-].[H-]. The third-order valence-electron chi connectivity index (χ3n) is 3.16. The molecule has 0 aromatic heterocycles. The van der Waals surface area contributed by atoms with Gasteiger partial charge in [-0.05, 0) is 20.3 Å². The van der Waals surface area contributed by atoms with Gasteiger partial charge in [-0.2, -0.15) is 8.42 Å². The van der Waals surface area contributed by atoms with Crippen molar-refractivity contribution in [3.63, 3.8) is 0 Å². The molecule has 0 aromatic carbocycles. The summed E-state index contributed by atoms with van der Waals surface area (Å²) >= 11 is 0. The summed E-state index contributed by atoms with van der Waals surface area (Å²) in [5.41, 5.74) is -1.48. The van der Waals surface area contributed by atoms with Crippen molar-refractivity contribution in [3.8, 4) is 0 Å². The second kappa shape index (κ2) is 12.5. The van der Waals surface area contributed by atoms with Crippen LogP contribution in [0.25, 0.3) is 0 Å². The second-order valence-electron chi connectivity index (χ2n) is 5.87. The van der Waals surface area contributed by atoms with Crippen LogP contribution in [0.1, 0.15) is 36.5 Å². The van der Waals surface area contributed by atoms with E-state index in [1.807, 2.05) is 0 Å². The van der Waals surface area contributed by atoms with Gasteiger partial charge in [-0.3, -0.25) is 9.35 Å². The third-order valence-corrected chi connectivity index (χ3v) is 3.57. The number of hydrogen-bond acceptors (Lipinski definition) is 8. The van der Waals surface area contributed by atoms with Gasteiger partial charge in [-0.1, -0.05) is 26.5 Å². The Bertz CT molecular complexity index is 663. The van der Waals surface area contributed by atoms with E-state index in [9.17, 15) is 22.8 Å². The zero-order valence-electron chi connectivity index (χ0n) is 17.8. The fraction of sp³-hybridized carbons (Fsp3) is 0.562. The van der Waals surface area contributed by atoms with E-state index in [0.29, 0.717) is 6.42 Å². The fourth-order valence-electron chi connectivity index (χ4n) is 1.82. The third kappa shape index (κ3) is 10.8. The van der Waals surface area contributed by atoms with Crippen molar-refractivity contribution < 1.29 is 44.4 Å². The van der Waals surface area contributed by atoms with Gasteiger partial charge in [0.2, 0.25) is 5.94 Å². The van der Waals surface area contributed by atoms with E-state index in [0.717, 1.165) is 0 Å². The van der Waals surface area contributed by atoms with Crippen LogP contribution in [0.15, 0.2) is 24.3 Å². The summed E-state index contributed by atoms with van der Waals surface area (Å²) in [6.45, 7) is 10.3. The molecule has 0 saturated heterocycles. The van der Waals surface area contributed by atoms with Crippen LogP contribution in [0.4, 0.5) is 0 Å². The number of carbonyl (C=O) groups excluding carboxylic acids is 3. The van der Waals surface area contributed by atoms with Gasteiger partial charge in [0.1, 0.15) is 18.6 Å². The molecular formula is C16H26CaO9S. The first kappa shape index (κ1) is 28.3. The first-order valence-corrected chi connectivity index (χ1v) is 9.23. The predicted molar refractivity (Wildman–Crippen MR) is 99.4 cm³/mol. The van der Waals surface area contributed by atoms with Crippen LogP contribution in [0, 0.1) is 5.41 Å². The average molecular weight is 435 g/mol. The summed E-state index contributed by atoms with van der Waals surface area (Å²) in [6, 6.07) is 0. The Morgan fingerprint density at radius 1 is 1.00 bits per heavy atom. The molecule has 0 spiro atoms. The molecule has 9 nitrogen and oxygen atoms in total. The van der Waals surface area contributed by atoms with Crippen molar-refractivity contribution in [2.45, 2.75) is 33.6 Å². The van der Waals surface area contributed by atoms with Crippen molar-refractivity contribution in [3.05, 3.63) is 24.3 Å². The van der Waals surface area contributed by atoms with Crippen molar-refractivity contribution in [2.24, 2.45) is 5.41 Å². The maximum Gasteiger partial charge on any atom is 2.00 e. The first-order valence-electron chi connectivity index (χ1n) is 7.62. The molecule has 1 N–H and O–H groups in total. The van der Waals surface area contributed by atoms with Gasteiger partial charge in [0.05, 0.1) is 0 Å². The Hall–Kier alpha value is -0.940. The van der Waals surface area contributed by atoms with Crippen LogP contribution in [0.5, 0.6) is 0 Å². The minimum atomic E-state index is -4.57. The number of hydrogen-bond donors (Lipinski definition) is 1. The molecule has 11 heteroatoms. The van der Waals surface area contributed by atoms with Crippen LogP contribution >= 0.6 is 0 Å². The monoisotopic (exact) mass is 434 g/mol. The minimum absolute atomic E-state index is 0. The number of ether oxygens (including phenoxy) is 3. The Kier molecular flexibility index (Phi) is 13.1. The number of carbonyl (C=O) groups is 3. The van der Waals surface area contributed by atoms with Crippen LogP contribution < -0.4 is 0 Å². The molecule has 0 bridgehead atoms. The Morgan fingerprint density at radius 3 is 1.70 bits per heavy atom. The molecule has 0 aliphatic rings. The van der Waals surface area contributed by atoms with Crippen LogP contribution in [-0.2, 0) is 38.7 Å². The van der Waals surface area contributed by atoms with E-state index < -0.39 is 52.6 Å². The summed E-state index contributed by atoms with van der Waals surface area (Å²) in [6.07, 6.45) is 0.459. The topological polar surface area (TPSA) is 133 Å². The van der Waals surface area contributed by atoms with Crippen molar-refractivity contribution in [2.75, 3.05) is 19.2 Å². The molecule has 0 amide bonds. The van der Waals surface area contributed by atoms with E-state index in [-0.39, 0.29) is 58.2 Å². The zero-order valence-corrected chi connectivity index (χ0v) is 18.8. The Morgan fingerprint density at radius 2 is 1.41 bits per heavy atom. The van der Waals surface area contributed by atoms with E-state index in [2.05, 4.69) is 17.9 Å². The minimum Gasteiger partial charge on any atom is -1.00 e. The molecule has 0 saturated carbocycles. The van der Waals surface area contributed by atoms with Crippen LogP contribution in [0.3, 0.4) is 0 Å². The quantitative estimate of drug-likeness (QED) is 0.168. The summed E-state index contributed by atoms with van der Waals surface area (Å²) in [7, 11) is -4.57. The van der Waals surface area contributed by atoms with Gasteiger partial charge in [0.15, 0.2) is 0 Å². The molecule has 0 radical (unpaired) electrons. The smallest absolute Gasteiger partial charge is 1.00 e. The predicted octanol–water partition coefficient (Wildman–Crippen LogP) is 1.24. The van der Waals surface area contributed by atoms with Gasteiger partial charge < -0.3 is 17.1 Å². The molecule has 152 valence electrons. The van der Waals surface area contributed by atoms with Crippen LogP contribution in [-0.4, -0.2) is 87.8 Å². The Labute approximate surface area is 191 Å². The maximum absolute atomic E-state index is 12.4. The summed E-state index contributed by atoms with van der Waals surface area (Å²) in [5, 5.41) is 0. The summed E-state index contributed by atoms with van der Waals surface area (Å²) in [5.74, 6) is -3.93. The van der Waals surface area contributed by atoms with E-state index >= 15 is 0 Å². The maximum atomic E-state index is 12.4. The van der Waals surface area contributed by atoms with Gasteiger partial charge in [0, 0.05) is 11.1 Å². The number of rotatable bonds is 11. The van der Waals surface area contributed by atoms with Crippen molar-refractivity contribution in [1.82, 2.24) is 0 Å². The van der Waals surface area contributed by atoms with Gasteiger partial charge in [-0.15, -0.1) is 0 Å². The normalized spacial score (nSPS) is 11.0. The summed E-state index contributed by atoms with van der Waals surface area (Å²) in [4.78, 5) is 35.7. The molecule has 0 heterocycles. The first-order chi connectivity index (χ1) is 11.8. The van der Waals surface area contributed by atoms with Crippen LogP contribution in [0.2, 0.25) is 0 Å². The van der Waals surface area contributed by atoms with Gasteiger partial charge in [0.25, 0.3) is 0 Å². The van der Waals surface area contributed by atoms with Gasteiger partial charge in [-0.25, -0.2) is 9.59 Å². The van der Waals surface area contributed by atoms with E-state index in [1.54, 1.807) is 6.92 Å². The van der Waals surface area contributed by atoms with Crippen molar-refractivity contribution >= 4 is 65.8 Å². The molecule has 27 heavy (non-hydrogen) atoms. The van der Waals surface area contributed by atoms with Crippen molar-refractivity contribution in [1.29, 1.82) is 0 Å². The zero-order chi connectivity index (χ0) is 20.5.